The molecule has 132 valence electrons. The molecule has 1 fully saturated rings. The first kappa shape index (κ1) is 17.5. The summed E-state index contributed by atoms with van der Waals surface area (Å²) in [6, 6.07) is 1.91. The summed E-state index contributed by atoms with van der Waals surface area (Å²) in [4.78, 5) is 19.7. The predicted molar refractivity (Wildman–Crippen MR) is 94.9 cm³/mol. The number of likely N-dealkylation sites (tertiary alicyclic amines) is 1. The molecule has 1 aliphatic rings. The number of nitrogens with one attached hydrogen (secondary N) is 1. The summed E-state index contributed by atoms with van der Waals surface area (Å²) in [6.07, 6.45) is 7.01. The quantitative estimate of drug-likeness (QED) is 0.822. The van der Waals surface area contributed by atoms with Crippen molar-refractivity contribution in [3.63, 3.8) is 0 Å². The van der Waals surface area contributed by atoms with Gasteiger partial charge in [0.25, 0.3) is 5.56 Å². The van der Waals surface area contributed by atoms with E-state index in [0.29, 0.717) is 24.1 Å². The molecule has 7 nitrogen and oxygen atoms in total. The maximum Gasteiger partial charge on any atom is 0.258 e. The fraction of sp³-hybridized carbons (Fsp3) is 0.600. The summed E-state index contributed by atoms with van der Waals surface area (Å²) < 4.78 is 26.5. The van der Waals surface area contributed by atoms with Crippen LogP contribution in [0.15, 0.2) is 22.4 Å². The van der Waals surface area contributed by atoms with Gasteiger partial charge in [-0.3, -0.25) is 14.1 Å². The first-order chi connectivity index (χ1) is 11.4. The van der Waals surface area contributed by atoms with Crippen LogP contribution in [0.2, 0.25) is 0 Å². The van der Waals surface area contributed by atoms with E-state index in [1.807, 2.05) is 5.38 Å². The first-order valence-corrected chi connectivity index (χ1v) is 10.8. The number of piperidine rings is 1. The molecule has 2 aromatic rings. The van der Waals surface area contributed by atoms with Gasteiger partial charge < -0.3 is 0 Å². The van der Waals surface area contributed by atoms with E-state index in [0.717, 1.165) is 37.9 Å². The molecule has 1 N–H and O–H groups in total. The van der Waals surface area contributed by atoms with Crippen molar-refractivity contribution in [1.29, 1.82) is 0 Å². The molecule has 0 saturated carbocycles. The van der Waals surface area contributed by atoms with Gasteiger partial charge in [0.2, 0.25) is 10.0 Å². The standard InChI is InChI=1S/C15H22N4O3S2/c1-24(21,22)16-6-5-13-4-2-3-7-18(13)11-12-10-14(20)19-8-9-23-15(19)17-12/h8-10,13,16H,2-7,11H2,1H3. The molecule has 3 rings (SSSR count). The molecule has 0 aliphatic carbocycles. The molecule has 0 amide bonds. The highest BCUT2D eigenvalue weighted by Gasteiger charge is 2.23. The number of nitrogens with zero attached hydrogens (tertiary/aromatic N) is 3. The van der Waals surface area contributed by atoms with Crippen molar-refractivity contribution in [1.82, 2.24) is 19.0 Å². The molecule has 2 aromatic heterocycles. The van der Waals surface area contributed by atoms with Crippen molar-refractivity contribution in [3.8, 4) is 0 Å². The Bertz CT molecular complexity index is 859. The van der Waals surface area contributed by atoms with Gasteiger partial charge in [0, 0.05) is 36.8 Å². The van der Waals surface area contributed by atoms with Crippen molar-refractivity contribution in [2.75, 3.05) is 19.3 Å². The monoisotopic (exact) mass is 370 g/mol. The normalized spacial score (nSPS) is 19.8. The molecular formula is C15H22N4O3S2. The topological polar surface area (TPSA) is 83.8 Å². The molecule has 3 heterocycles. The van der Waals surface area contributed by atoms with Crippen LogP contribution in [0.1, 0.15) is 31.4 Å². The van der Waals surface area contributed by atoms with Gasteiger partial charge in [0.05, 0.1) is 11.9 Å². The summed E-state index contributed by atoms with van der Waals surface area (Å²) in [5.41, 5.74) is 0.731. The molecule has 1 atom stereocenters. The van der Waals surface area contributed by atoms with Gasteiger partial charge in [-0.15, -0.1) is 11.3 Å². The van der Waals surface area contributed by atoms with Crippen LogP contribution in [0.5, 0.6) is 0 Å². The maximum atomic E-state index is 12.1. The average molecular weight is 371 g/mol. The molecule has 0 spiro atoms. The largest absolute Gasteiger partial charge is 0.295 e. The molecule has 1 saturated heterocycles. The molecule has 0 aromatic carbocycles. The Morgan fingerprint density at radius 1 is 1.42 bits per heavy atom. The van der Waals surface area contributed by atoms with Gasteiger partial charge in [-0.2, -0.15) is 0 Å². The van der Waals surface area contributed by atoms with Crippen LogP contribution in [-0.2, 0) is 16.6 Å². The highest BCUT2D eigenvalue weighted by atomic mass is 32.2. The second-order valence-electron chi connectivity index (χ2n) is 6.22. The smallest absolute Gasteiger partial charge is 0.258 e. The van der Waals surface area contributed by atoms with E-state index in [1.165, 1.54) is 17.6 Å². The Morgan fingerprint density at radius 3 is 3.04 bits per heavy atom. The van der Waals surface area contributed by atoms with Crippen LogP contribution < -0.4 is 10.3 Å². The zero-order chi connectivity index (χ0) is 17.2. The Balaban J connectivity index is 1.69. The van der Waals surface area contributed by atoms with Crippen LogP contribution in [-0.4, -0.2) is 48.1 Å². The van der Waals surface area contributed by atoms with Crippen LogP contribution in [0.25, 0.3) is 4.96 Å². The third-order valence-corrected chi connectivity index (χ3v) is 5.80. The second-order valence-corrected chi connectivity index (χ2v) is 8.92. The van der Waals surface area contributed by atoms with Crippen LogP contribution in [0, 0.1) is 0 Å². The zero-order valence-electron chi connectivity index (χ0n) is 13.6. The lowest BCUT2D eigenvalue weighted by molar-refractivity contribution is 0.131. The lowest BCUT2D eigenvalue weighted by atomic mass is 9.99. The van der Waals surface area contributed by atoms with E-state index in [-0.39, 0.29) is 5.56 Å². The Morgan fingerprint density at radius 2 is 2.25 bits per heavy atom. The Labute approximate surface area is 145 Å². The van der Waals surface area contributed by atoms with Crippen molar-refractivity contribution in [3.05, 3.63) is 33.7 Å². The Hall–Kier alpha value is -1.29. The summed E-state index contributed by atoms with van der Waals surface area (Å²) in [7, 11) is -3.15. The van der Waals surface area contributed by atoms with E-state index in [4.69, 9.17) is 0 Å². The Kier molecular flexibility index (Phi) is 5.33. The van der Waals surface area contributed by atoms with Crippen molar-refractivity contribution in [2.45, 2.75) is 38.3 Å². The summed E-state index contributed by atoms with van der Waals surface area (Å²) in [5.74, 6) is 0. The molecule has 1 unspecified atom stereocenters. The van der Waals surface area contributed by atoms with E-state index >= 15 is 0 Å². The van der Waals surface area contributed by atoms with Crippen LogP contribution in [0.4, 0.5) is 0 Å². The minimum atomic E-state index is -3.15. The fourth-order valence-electron chi connectivity index (χ4n) is 3.18. The third-order valence-electron chi connectivity index (χ3n) is 4.31. The first-order valence-electron chi connectivity index (χ1n) is 8.07. The zero-order valence-corrected chi connectivity index (χ0v) is 15.3. The molecule has 9 heteroatoms. The highest BCUT2D eigenvalue weighted by Crippen LogP contribution is 2.21. The molecule has 1 aliphatic heterocycles. The van der Waals surface area contributed by atoms with E-state index < -0.39 is 10.0 Å². The fourth-order valence-corrected chi connectivity index (χ4v) is 4.41. The third kappa shape index (κ3) is 4.41. The number of hydrogen-bond donors (Lipinski definition) is 1. The highest BCUT2D eigenvalue weighted by molar-refractivity contribution is 7.88. The number of fused-ring (bicyclic) bond motifs is 1. The van der Waals surface area contributed by atoms with Gasteiger partial charge in [-0.25, -0.2) is 18.1 Å². The number of rotatable bonds is 6. The predicted octanol–water partition coefficient (Wildman–Crippen LogP) is 1.05. The summed E-state index contributed by atoms with van der Waals surface area (Å²) in [5, 5.41) is 1.86. The molecule has 0 bridgehead atoms. The van der Waals surface area contributed by atoms with Crippen LogP contribution in [0.3, 0.4) is 0 Å². The van der Waals surface area contributed by atoms with E-state index in [1.54, 1.807) is 16.7 Å². The summed E-state index contributed by atoms with van der Waals surface area (Å²) in [6.45, 7) is 2.03. The number of thiazole rings is 1. The second kappa shape index (κ2) is 7.30. The molecule has 24 heavy (non-hydrogen) atoms. The molecular weight excluding hydrogens is 348 g/mol. The number of hydrogen-bond acceptors (Lipinski definition) is 6. The van der Waals surface area contributed by atoms with Crippen molar-refractivity contribution in [2.24, 2.45) is 0 Å². The maximum absolute atomic E-state index is 12.1. The number of aromatic nitrogens is 2. The lowest BCUT2D eigenvalue weighted by Crippen LogP contribution is -2.41. The SMILES string of the molecule is CS(=O)(=O)NCCC1CCCCN1Cc1cc(=O)n2ccsc2n1. The summed E-state index contributed by atoms with van der Waals surface area (Å²) >= 11 is 1.45. The van der Waals surface area contributed by atoms with Crippen LogP contribution >= 0.6 is 11.3 Å². The van der Waals surface area contributed by atoms with E-state index in [9.17, 15) is 13.2 Å². The van der Waals surface area contributed by atoms with Gasteiger partial charge in [-0.1, -0.05) is 6.42 Å². The van der Waals surface area contributed by atoms with Crippen molar-refractivity contribution >= 4 is 26.3 Å². The molecule has 0 radical (unpaired) electrons. The van der Waals surface area contributed by atoms with Gasteiger partial charge >= 0.3 is 0 Å². The van der Waals surface area contributed by atoms with E-state index in [2.05, 4.69) is 14.6 Å². The number of sulfonamides is 1. The van der Waals surface area contributed by atoms with Crippen molar-refractivity contribution < 1.29 is 8.42 Å². The minimum Gasteiger partial charge on any atom is -0.295 e. The van der Waals surface area contributed by atoms with Gasteiger partial charge in [-0.05, 0) is 25.8 Å². The lowest BCUT2D eigenvalue weighted by Gasteiger charge is -2.35. The van der Waals surface area contributed by atoms with Gasteiger partial charge in [0.1, 0.15) is 0 Å². The minimum absolute atomic E-state index is 0.0523. The van der Waals surface area contributed by atoms with Gasteiger partial charge in [0.15, 0.2) is 4.96 Å². The average Bonchev–Trinajstić information content (AvgIpc) is 2.97.